The van der Waals surface area contributed by atoms with Crippen LogP contribution in [0.5, 0.6) is 0 Å². The topological polar surface area (TPSA) is 55.1 Å². The SMILES string of the molecule is Cc1cc(CCNC(=O)/C=C/c2ccccc2)on1. The quantitative estimate of drug-likeness (QED) is 0.835. The lowest BCUT2D eigenvalue weighted by Gasteiger charge is -1.99. The number of aromatic nitrogens is 1. The summed E-state index contributed by atoms with van der Waals surface area (Å²) in [7, 11) is 0. The van der Waals surface area contributed by atoms with Crippen LogP contribution in [0.25, 0.3) is 6.08 Å². The second-order valence-electron chi connectivity index (χ2n) is 4.22. The largest absolute Gasteiger partial charge is 0.361 e. The summed E-state index contributed by atoms with van der Waals surface area (Å²) in [6.07, 6.45) is 3.96. The molecule has 1 N–H and O–H groups in total. The maximum absolute atomic E-state index is 11.6. The number of hydrogen-bond acceptors (Lipinski definition) is 3. The van der Waals surface area contributed by atoms with Crippen LogP contribution in [0, 0.1) is 6.92 Å². The molecule has 0 aliphatic rings. The Morgan fingerprint density at radius 1 is 1.37 bits per heavy atom. The molecule has 0 radical (unpaired) electrons. The Morgan fingerprint density at radius 2 is 2.16 bits per heavy atom. The Kier molecular flexibility index (Phi) is 4.50. The van der Waals surface area contributed by atoms with Crippen molar-refractivity contribution in [1.29, 1.82) is 0 Å². The Morgan fingerprint density at radius 3 is 2.84 bits per heavy atom. The van der Waals surface area contributed by atoms with Gasteiger partial charge in [-0.05, 0) is 18.6 Å². The summed E-state index contributed by atoms with van der Waals surface area (Å²) in [4.78, 5) is 11.6. The lowest BCUT2D eigenvalue weighted by Crippen LogP contribution is -2.23. The molecule has 19 heavy (non-hydrogen) atoms. The molecule has 0 spiro atoms. The maximum Gasteiger partial charge on any atom is 0.244 e. The molecule has 1 heterocycles. The van der Waals surface area contributed by atoms with E-state index < -0.39 is 0 Å². The van der Waals surface area contributed by atoms with Crippen LogP contribution in [-0.2, 0) is 11.2 Å². The first kappa shape index (κ1) is 13.1. The van der Waals surface area contributed by atoms with Crippen LogP contribution in [-0.4, -0.2) is 17.6 Å². The van der Waals surface area contributed by atoms with Crippen molar-refractivity contribution < 1.29 is 9.32 Å². The second-order valence-corrected chi connectivity index (χ2v) is 4.22. The van der Waals surface area contributed by atoms with E-state index in [1.165, 1.54) is 6.08 Å². The summed E-state index contributed by atoms with van der Waals surface area (Å²) < 4.78 is 5.06. The molecule has 1 amide bonds. The monoisotopic (exact) mass is 256 g/mol. The third kappa shape index (κ3) is 4.43. The summed E-state index contributed by atoms with van der Waals surface area (Å²) in [5.74, 6) is 0.671. The molecule has 4 heteroatoms. The van der Waals surface area contributed by atoms with Crippen LogP contribution >= 0.6 is 0 Å². The molecule has 2 rings (SSSR count). The van der Waals surface area contributed by atoms with Gasteiger partial charge in [0, 0.05) is 25.1 Å². The van der Waals surface area contributed by atoms with Crippen LogP contribution in [0.3, 0.4) is 0 Å². The van der Waals surface area contributed by atoms with Gasteiger partial charge in [-0.15, -0.1) is 0 Å². The molecule has 2 aromatic rings. The van der Waals surface area contributed by atoms with Gasteiger partial charge in [0.15, 0.2) is 0 Å². The van der Waals surface area contributed by atoms with E-state index in [2.05, 4.69) is 10.5 Å². The van der Waals surface area contributed by atoms with Gasteiger partial charge in [-0.25, -0.2) is 0 Å². The van der Waals surface area contributed by atoms with Gasteiger partial charge in [0.1, 0.15) is 5.76 Å². The van der Waals surface area contributed by atoms with E-state index in [1.54, 1.807) is 6.08 Å². The zero-order valence-corrected chi connectivity index (χ0v) is 10.8. The highest BCUT2D eigenvalue weighted by Gasteiger charge is 2.01. The minimum absolute atomic E-state index is 0.111. The molecule has 0 bridgehead atoms. The Balaban J connectivity index is 1.74. The summed E-state index contributed by atoms with van der Waals surface area (Å²) in [5, 5.41) is 6.59. The van der Waals surface area contributed by atoms with Crippen molar-refractivity contribution in [1.82, 2.24) is 10.5 Å². The first-order valence-corrected chi connectivity index (χ1v) is 6.17. The van der Waals surface area contributed by atoms with Crippen molar-refractivity contribution in [3.8, 4) is 0 Å². The zero-order chi connectivity index (χ0) is 13.5. The fraction of sp³-hybridized carbons (Fsp3) is 0.200. The van der Waals surface area contributed by atoms with Crippen molar-refractivity contribution in [3.05, 3.63) is 59.5 Å². The molecule has 0 aliphatic carbocycles. The molecule has 0 saturated heterocycles. The summed E-state index contributed by atoms with van der Waals surface area (Å²) >= 11 is 0. The minimum atomic E-state index is -0.111. The Bertz CT molecular complexity index is 559. The molecule has 1 aromatic heterocycles. The molecule has 4 nitrogen and oxygen atoms in total. The predicted octanol–water partition coefficient (Wildman–Crippen LogP) is 2.36. The van der Waals surface area contributed by atoms with Gasteiger partial charge in [-0.1, -0.05) is 35.5 Å². The number of nitrogens with zero attached hydrogens (tertiary/aromatic N) is 1. The second kappa shape index (κ2) is 6.54. The minimum Gasteiger partial charge on any atom is -0.361 e. The predicted molar refractivity (Wildman–Crippen MR) is 73.4 cm³/mol. The van der Waals surface area contributed by atoms with Gasteiger partial charge >= 0.3 is 0 Å². The number of aryl methyl sites for hydroxylation is 1. The third-order valence-electron chi connectivity index (χ3n) is 2.57. The molecular formula is C15H16N2O2. The molecule has 0 saturated carbocycles. The van der Waals surface area contributed by atoms with Crippen LogP contribution in [0.15, 0.2) is 47.0 Å². The van der Waals surface area contributed by atoms with Crippen molar-refractivity contribution in [2.24, 2.45) is 0 Å². The highest BCUT2D eigenvalue weighted by Crippen LogP contribution is 2.02. The van der Waals surface area contributed by atoms with Crippen LogP contribution in [0.2, 0.25) is 0 Å². The lowest BCUT2D eigenvalue weighted by atomic mass is 10.2. The molecule has 0 fully saturated rings. The van der Waals surface area contributed by atoms with Gasteiger partial charge in [0.05, 0.1) is 5.69 Å². The highest BCUT2D eigenvalue weighted by atomic mass is 16.5. The van der Waals surface area contributed by atoms with Crippen LogP contribution in [0.1, 0.15) is 17.0 Å². The summed E-state index contributed by atoms with van der Waals surface area (Å²) in [6, 6.07) is 11.6. The zero-order valence-electron chi connectivity index (χ0n) is 10.8. The molecule has 0 atom stereocenters. The van der Waals surface area contributed by atoms with Crippen molar-refractivity contribution in [2.45, 2.75) is 13.3 Å². The molecule has 1 aromatic carbocycles. The smallest absolute Gasteiger partial charge is 0.244 e. The fourth-order valence-electron chi connectivity index (χ4n) is 1.64. The van der Waals surface area contributed by atoms with E-state index in [1.807, 2.05) is 43.3 Å². The molecular weight excluding hydrogens is 240 g/mol. The van der Waals surface area contributed by atoms with Crippen LogP contribution in [0.4, 0.5) is 0 Å². The van der Waals surface area contributed by atoms with Gasteiger partial charge in [0.2, 0.25) is 5.91 Å². The number of nitrogens with one attached hydrogen (secondary N) is 1. The standard InChI is InChI=1S/C15H16N2O2/c1-12-11-14(19-17-12)9-10-16-15(18)8-7-13-5-3-2-4-6-13/h2-8,11H,9-10H2,1H3,(H,16,18)/b8-7+. The maximum atomic E-state index is 11.6. The average molecular weight is 256 g/mol. The normalized spacial score (nSPS) is 10.8. The number of benzene rings is 1. The van der Waals surface area contributed by atoms with E-state index >= 15 is 0 Å². The Labute approximate surface area is 112 Å². The van der Waals surface area contributed by atoms with E-state index in [0.29, 0.717) is 13.0 Å². The fourth-order valence-corrected chi connectivity index (χ4v) is 1.64. The average Bonchev–Trinajstić information content (AvgIpc) is 2.83. The van der Waals surface area contributed by atoms with Gasteiger partial charge in [-0.2, -0.15) is 0 Å². The number of amides is 1. The van der Waals surface area contributed by atoms with Gasteiger partial charge in [0.25, 0.3) is 0 Å². The van der Waals surface area contributed by atoms with E-state index in [-0.39, 0.29) is 5.91 Å². The van der Waals surface area contributed by atoms with E-state index in [4.69, 9.17) is 4.52 Å². The van der Waals surface area contributed by atoms with Crippen molar-refractivity contribution in [2.75, 3.05) is 6.54 Å². The lowest BCUT2D eigenvalue weighted by molar-refractivity contribution is -0.116. The van der Waals surface area contributed by atoms with E-state index in [0.717, 1.165) is 17.0 Å². The summed E-state index contributed by atoms with van der Waals surface area (Å²) in [5.41, 5.74) is 1.86. The van der Waals surface area contributed by atoms with Gasteiger partial charge in [-0.3, -0.25) is 4.79 Å². The number of carbonyl (C=O) groups excluding carboxylic acids is 1. The number of hydrogen-bond donors (Lipinski definition) is 1. The van der Waals surface area contributed by atoms with Crippen LogP contribution < -0.4 is 5.32 Å². The number of carbonyl (C=O) groups is 1. The van der Waals surface area contributed by atoms with E-state index in [9.17, 15) is 4.79 Å². The summed E-state index contributed by atoms with van der Waals surface area (Å²) in [6.45, 7) is 2.40. The Hall–Kier alpha value is -2.36. The molecule has 0 aliphatic heterocycles. The number of rotatable bonds is 5. The first-order valence-electron chi connectivity index (χ1n) is 6.17. The molecule has 98 valence electrons. The third-order valence-corrected chi connectivity index (χ3v) is 2.57. The highest BCUT2D eigenvalue weighted by molar-refractivity contribution is 5.91. The van der Waals surface area contributed by atoms with Crippen molar-refractivity contribution in [3.63, 3.8) is 0 Å². The first-order chi connectivity index (χ1) is 9.24. The van der Waals surface area contributed by atoms with Gasteiger partial charge < -0.3 is 9.84 Å². The van der Waals surface area contributed by atoms with Crippen molar-refractivity contribution >= 4 is 12.0 Å². The molecule has 0 unspecified atom stereocenters.